The molecule has 0 atom stereocenters. The van der Waals surface area contributed by atoms with Gasteiger partial charge in [0, 0.05) is 6.54 Å². The fourth-order valence-electron chi connectivity index (χ4n) is 1.17. The van der Waals surface area contributed by atoms with Crippen molar-refractivity contribution in [2.45, 2.75) is 6.42 Å². The summed E-state index contributed by atoms with van der Waals surface area (Å²) >= 11 is 1.56. The molecule has 1 aliphatic heterocycles. The van der Waals surface area contributed by atoms with Crippen LogP contribution in [0.3, 0.4) is 0 Å². The van der Waals surface area contributed by atoms with E-state index in [0.29, 0.717) is 6.61 Å². The smallest absolute Gasteiger partial charge is 0.414 e. The number of hydrogen-bond donors (Lipinski definition) is 0. The predicted molar refractivity (Wildman–Crippen MR) is 47.6 cm³/mol. The van der Waals surface area contributed by atoms with Crippen molar-refractivity contribution < 1.29 is 9.53 Å². The van der Waals surface area contributed by atoms with Gasteiger partial charge in [0.2, 0.25) is 0 Å². The van der Waals surface area contributed by atoms with E-state index in [0.717, 1.165) is 18.0 Å². The van der Waals surface area contributed by atoms with E-state index in [9.17, 15) is 4.79 Å². The van der Waals surface area contributed by atoms with Gasteiger partial charge in [-0.15, -0.1) is 11.3 Å². The summed E-state index contributed by atoms with van der Waals surface area (Å²) in [4.78, 5) is 12.9. The number of rotatable bonds is 1. The lowest BCUT2D eigenvalue weighted by Crippen LogP contribution is -2.37. The molecule has 1 amide bonds. The van der Waals surface area contributed by atoms with E-state index in [1.807, 2.05) is 17.5 Å². The van der Waals surface area contributed by atoms with Gasteiger partial charge in [0.05, 0.1) is 6.61 Å². The lowest BCUT2D eigenvalue weighted by Gasteiger charge is -2.24. The Morgan fingerprint density at radius 1 is 1.58 bits per heavy atom. The van der Waals surface area contributed by atoms with Crippen LogP contribution in [0.5, 0.6) is 0 Å². The first-order valence-electron chi connectivity index (χ1n) is 3.86. The topological polar surface area (TPSA) is 29.5 Å². The first-order valence-corrected chi connectivity index (χ1v) is 4.74. The molecular formula is C8H9NO2S. The van der Waals surface area contributed by atoms with Crippen molar-refractivity contribution >= 4 is 22.4 Å². The van der Waals surface area contributed by atoms with E-state index in [-0.39, 0.29) is 6.09 Å². The molecule has 0 aromatic carbocycles. The molecule has 0 bridgehead atoms. The van der Waals surface area contributed by atoms with Gasteiger partial charge >= 0.3 is 6.09 Å². The Morgan fingerprint density at radius 2 is 2.50 bits per heavy atom. The highest BCUT2D eigenvalue weighted by Crippen LogP contribution is 2.23. The van der Waals surface area contributed by atoms with Crippen LogP contribution in [-0.4, -0.2) is 19.2 Å². The Morgan fingerprint density at radius 3 is 3.17 bits per heavy atom. The van der Waals surface area contributed by atoms with Gasteiger partial charge in [0.25, 0.3) is 0 Å². The number of carbonyl (C=O) groups excluding carboxylic acids is 1. The summed E-state index contributed by atoms with van der Waals surface area (Å²) in [7, 11) is 0. The molecule has 0 radical (unpaired) electrons. The summed E-state index contributed by atoms with van der Waals surface area (Å²) in [6.45, 7) is 1.33. The molecule has 2 rings (SSSR count). The van der Waals surface area contributed by atoms with Gasteiger partial charge in [-0.1, -0.05) is 0 Å². The summed E-state index contributed by atoms with van der Waals surface area (Å²) < 4.78 is 4.91. The Kier molecular flexibility index (Phi) is 1.99. The molecule has 0 aliphatic carbocycles. The summed E-state index contributed by atoms with van der Waals surface area (Å²) in [5, 5.41) is 2.93. The average molecular weight is 183 g/mol. The Bertz CT molecular complexity index is 271. The molecule has 0 saturated carbocycles. The fourth-order valence-corrected chi connectivity index (χ4v) is 1.92. The zero-order valence-electron chi connectivity index (χ0n) is 6.53. The number of hydrogen-bond acceptors (Lipinski definition) is 3. The second-order valence-corrected chi connectivity index (χ2v) is 3.50. The molecule has 4 heteroatoms. The highest BCUT2D eigenvalue weighted by molar-refractivity contribution is 7.14. The monoisotopic (exact) mass is 183 g/mol. The zero-order chi connectivity index (χ0) is 8.39. The lowest BCUT2D eigenvalue weighted by atomic mass is 10.4. The summed E-state index contributed by atoms with van der Waals surface area (Å²) in [6.07, 6.45) is 0.701. The average Bonchev–Trinajstić information content (AvgIpc) is 2.57. The number of anilines is 1. The Hall–Kier alpha value is -1.03. The van der Waals surface area contributed by atoms with Crippen LogP contribution in [0.4, 0.5) is 9.80 Å². The first-order chi connectivity index (χ1) is 5.88. The highest BCUT2D eigenvalue weighted by Gasteiger charge is 2.21. The van der Waals surface area contributed by atoms with Crippen LogP contribution in [0.1, 0.15) is 6.42 Å². The molecule has 2 heterocycles. The number of carbonyl (C=O) groups is 1. The highest BCUT2D eigenvalue weighted by atomic mass is 32.1. The molecule has 1 fully saturated rings. The molecule has 1 aliphatic rings. The largest absolute Gasteiger partial charge is 0.449 e. The molecule has 1 aromatic rings. The lowest BCUT2D eigenvalue weighted by molar-refractivity contribution is 0.140. The molecule has 1 aromatic heterocycles. The van der Waals surface area contributed by atoms with Gasteiger partial charge in [-0.05, 0) is 23.9 Å². The van der Waals surface area contributed by atoms with Crippen molar-refractivity contribution in [3.63, 3.8) is 0 Å². The van der Waals surface area contributed by atoms with Crippen LogP contribution >= 0.6 is 11.3 Å². The molecule has 1 saturated heterocycles. The molecule has 12 heavy (non-hydrogen) atoms. The number of thiophene rings is 1. The van der Waals surface area contributed by atoms with Crippen LogP contribution in [-0.2, 0) is 4.74 Å². The standard InChI is InChI=1S/C8H9NO2S/c10-8-9(4-2-5-11-8)7-3-1-6-12-7/h1,3,6H,2,4-5H2. The van der Waals surface area contributed by atoms with E-state index in [1.54, 1.807) is 16.2 Å². The number of cyclic esters (lactones) is 1. The molecule has 0 N–H and O–H groups in total. The van der Waals surface area contributed by atoms with E-state index >= 15 is 0 Å². The summed E-state index contributed by atoms with van der Waals surface area (Å²) in [5.74, 6) is 0. The van der Waals surface area contributed by atoms with E-state index in [4.69, 9.17) is 4.74 Å². The second kappa shape index (κ2) is 3.15. The van der Waals surface area contributed by atoms with Gasteiger partial charge in [0.15, 0.2) is 0 Å². The van der Waals surface area contributed by atoms with Crippen molar-refractivity contribution in [3.8, 4) is 0 Å². The van der Waals surface area contributed by atoms with Gasteiger partial charge in [-0.2, -0.15) is 0 Å². The third-order valence-corrected chi connectivity index (χ3v) is 2.64. The second-order valence-electron chi connectivity index (χ2n) is 2.57. The minimum absolute atomic E-state index is 0.219. The summed E-state index contributed by atoms with van der Waals surface area (Å²) in [5.41, 5.74) is 0. The van der Waals surface area contributed by atoms with Crippen molar-refractivity contribution in [3.05, 3.63) is 17.5 Å². The van der Waals surface area contributed by atoms with Crippen molar-refractivity contribution in [1.82, 2.24) is 0 Å². The van der Waals surface area contributed by atoms with Crippen LogP contribution in [0.2, 0.25) is 0 Å². The molecule has 0 spiro atoms. The van der Waals surface area contributed by atoms with E-state index in [2.05, 4.69) is 0 Å². The zero-order valence-corrected chi connectivity index (χ0v) is 7.34. The number of nitrogens with zero attached hydrogens (tertiary/aromatic N) is 1. The van der Waals surface area contributed by atoms with E-state index in [1.165, 1.54) is 0 Å². The SMILES string of the molecule is O=C1OCCCN1c1cccs1. The van der Waals surface area contributed by atoms with Gasteiger partial charge in [-0.25, -0.2) is 4.79 Å². The summed E-state index contributed by atoms with van der Waals surface area (Å²) in [6, 6.07) is 3.86. The maximum absolute atomic E-state index is 11.2. The fraction of sp³-hybridized carbons (Fsp3) is 0.375. The quantitative estimate of drug-likeness (QED) is 0.667. The van der Waals surface area contributed by atoms with Crippen LogP contribution in [0.15, 0.2) is 17.5 Å². The minimum Gasteiger partial charge on any atom is -0.449 e. The van der Waals surface area contributed by atoms with Gasteiger partial charge < -0.3 is 4.74 Å². The maximum Gasteiger partial charge on any atom is 0.414 e. The first kappa shape index (κ1) is 7.61. The van der Waals surface area contributed by atoms with Gasteiger partial charge in [-0.3, -0.25) is 4.90 Å². The minimum atomic E-state index is -0.219. The van der Waals surface area contributed by atoms with Crippen LogP contribution < -0.4 is 4.90 Å². The van der Waals surface area contributed by atoms with Crippen molar-refractivity contribution in [1.29, 1.82) is 0 Å². The predicted octanol–water partition coefficient (Wildman–Crippen LogP) is 2.09. The third kappa shape index (κ3) is 1.30. The molecular weight excluding hydrogens is 174 g/mol. The van der Waals surface area contributed by atoms with Crippen LogP contribution in [0.25, 0.3) is 0 Å². The molecule has 64 valence electrons. The Balaban J connectivity index is 2.17. The van der Waals surface area contributed by atoms with E-state index < -0.39 is 0 Å². The number of amides is 1. The molecule has 3 nitrogen and oxygen atoms in total. The Labute approximate surface area is 74.6 Å². The third-order valence-electron chi connectivity index (χ3n) is 1.74. The van der Waals surface area contributed by atoms with Crippen molar-refractivity contribution in [2.75, 3.05) is 18.1 Å². The normalized spacial score (nSPS) is 17.7. The van der Waals surface area contributed by atoms with Gasteiger partial charge in [0.1, 0.15) is 5.00 Å². The molecule has 0 unspecified atom stereocenters. The van der Waals surface area contributed by atoms with Crippen molar-refractivity contribution in [2.24, 2.45) is 0 Å². The maximum atomic E-state index is 11.2. The number of ether oxygens (including phenoxy) is 1. The van der Waals surface area contributed by atoms with Crippen LogP contribution in [0, 0.1) is 0 Å².